The molecule has 0 unspecified atom stereocenters. The number of alkyl halides is 3. The van der Waals surface area contributed by atoms with Gasteiger partial charge < -0.3 is 19.2 Å². The van der Waals surface area contributed by atoms with E-state index in [4.69, 9.17) is 20.8 Å². The number of hydrogen-bond acceptors (Lipinski definition) is 4. The van der Waals surface area contributed by atoms with Gasteiger partial charge in [-0.15, -0.1) is 0 Å². The molecule has 1 heterocycles. The second-order valence-electron chi connectivity index (χ2n) is 10.1. The highest BCUT2D eigenvalue weighted by molar-refractivity contribution is 6.32. The van der Waals surface area contributed by atoms with Gasteiger partial charge >= 0.3 is 6.18 Å². The molecular weight excluding hydrogens is 495 g/mol. The number of nitrogens with one attached hydrogen (secondary N) is 1. The Hall–Kier alpha value is -2.71. The Balaban J connectivity index is 2.22. The summed E-state index contributed by atoms with van der Waals surface area (Å²) < 4.78 is 53.2. The van der Waals surface area contributed by atoms with Crippen LogP contribution >= 0.6 is 11.6 Å². The number of ether oxygens (including phenoxy) is 1. The normalized spacial score (nSPS) is 12.4. The monoisotopic (exact) mass is 526 g/mol. The van der Waals surface area contributed by atoms with Crippen molar-refractivity contribution in [2.45, 2.75) is 54.3 Å². The topological polar surface area (TPSA) is 64.1 Å². The number of quaternary nitrogens is 1. The molecule has 9 heteroatoms. The Morgan fingerprint density at radius 2 is 1.61 bits per heavy atom. The van der Waals surface area contributed by atoms with Gasteiger partial charge in [-0.05, 0) is 49.2 Å². The maximum absolute atomic E-state index is 14.1. The average Bonchev–Trinajstić information content (AvgIpc) is 2.74. The summed E-state index contributed by atoms with van der Waals surface area (Å²) >= 11 is 6.16. The van der Waals surface area contributed by atoms with Crippen LogP contribution in [0.3, 0.4) is 0 Å². The highest BCUT2D eigenvalue weighted by Gasteiger charge is 2.41. The zero-order valence-corrected chi connectivity index (χ0v) is 22.0. The van der Waals surface area contributed by atoms with E-state index in [1.165, 1.54) is 24.3 Å². The summed E-state index contributed by atoms with van der Waals surface area (Å²) in [5, 5.41) is 11.0. The molecule has 3 rings (SSSR count). The van der Waals surface area contributed by atoms with E-state index in [1.807, 2.05) is 0 Å². The van der Waals surface area contributed by atoms with E-state index in [9.17, 15) is 23.1 Å². The minimum Gasteiger partial charge on any atom is -0.507 e. The second-order valence-corrected chi connectivity index (χ2v) is 10.5. The highest BCUT2D eigenvalue weighted by atomic mass is 35.5. The van der Waals surface area contributed by atoms with Crippen LogP contribution in [-0.4, -0.2) is 18.2 Å². The lowest BCUT2D eigenvalue weighted by Crippen LogP contribution is -3.11. The first-order valence-electron chi connectivity index (χ1n) is 11.9. The molecule has 0 aliphatic rings. The van der Waals surface area contributed by atoms with Gasteiger partial charge in [0, 0.05) is 16.9 Å². The third-order valence-electron chi connectivity index (χ3n) is 5.80. The predicted molar refractivity (Wildman–Crippen MR) is 134 cm³/mol. The molecular formula is C27H32ClF3NO4+. The van der Waals surface area contributed by atoms with Gasteiger partial charge in [-0.3, -0.25) is 4.79 Å². The molecule has 196 valence electrons. The summed E-state index contributed by atoms with van der Waals surface area (Å²) in [5.41, 5.74) is 0.0978. The van der Waals surface area contributed by atoms with Gasteiger partial charge in [-0.1, -0.05) is 39.3 Å². The molecule has 0 saturated carbocycles. The van der Waals surface area contributed by atoms with E-state index in [-0.39, 0.29) is 34.6 Å². The fourth-order valence-corrected chi connectivity index (χ4v) is 4.56. The minimum atomic E-state index is -5.01. The van der Waals surface area contributed by atoms with Gasteiger partial charge in [0.15, 0.2) is 5.58 Å². The molecule has 36 heavy (non-hydrogen) atoms. The van der Waals surface area contributed by atoms with Crippen LogP contribution in [0.4, 0.5) is 13.2 Å². The Kier molecular flexibility index (Phi) is 8.30. The van der Waals surface area contributed by atoms with E-state index in [0.29, 0.717) is 28.0 Å². The molecule has 2 N–H and O–H groups in total. The Morgan fingerprint density at radius 3 is 2.11 bits per heavy atom. The van der Waals surface area contributed by atoms with E-state index < -0.39 is 23.1 Å². The van der Waals surface area contributed by atoms with Gasteiger partial charge in [0.1, 0.15) is 18.0 Å². The Morgan fingerprint density at radius 1 is 1.06 bits per heavy atom. The molecule has 0 bridgehead atoms. The van der Waals surface area contributed by atoms with Crippen molar-refractivity contribution >= 4 is 22.6 Å². The third-order valence-corrected chi connectivity index (χ3v) is 6.40. The summed E-state index contributed by atoms with van der Waals surface area (Å²) in [6.45, 7) is 13.3. The molecule has 5 nitrogen and oxygen atoms in total. The number of phenolic OH excluding ortho intramolecular Hbond substituents is 1. The van der Waals surface area contributed by atoms with Gasteiger partial charge in [0.25, 0.3) is 5.76 Å². The molecule has 0 fully saturated rings. The van der Waals surface area contributed by atoms with E-state index in [0.717, 1.165) is 18.0 Å². The summed E-state index contributed by atoms with van der Waals surface area (Å²) in [7, 11) is 0. The summed E-state index contributed by atoms with van der Waals surface area (Å²) in [5.74, 6) is -2.05. The number of hydrogen-bond donors (Lipinski definition) is 2. The number of rotatable bonds is 8. The van der Waals surface area contributed by atoms with Crippen molar-refractivity contribution in [3.63, 3.8) is 0 Å². The number of aromatic hydroxyl groups is 1. The van der Waals surface area contributed by atoms with Crippen molar-refractivity contribution in [1.29, 1.82) is 0 Å². The quantitative estimate of drug-likeness (QED) is 0.363. The molecule has 0 atom stereocenters. The smallest absolute Gasteiger partial charge is 0.453 e. The largest absolute Gasteiger partial charge is 0.507 e. The summed E-state index contributed by atoms with van der Waals surface area (Å²) in [4.78, 5) is 14.4. The predicted octanol–water partition coefficient (Wildman–Crippen LogP) is 6.28. The van der Waals surface area contributed by atoms with Gasteiger partial charge in [0.2, 0.25) is 11.2 Å². The van der Waals surface area contributed by atoms with Crippen LogP contribution in [0.1, 0.15) is 50.1 Å². The van der Waals surface area contributed by atoms with Crippen LogP contribution in [0.15, 0.2) is 33.5 Å². The first-order chi connectivity index (χ1) is 16.7. The molecule has 0 amide bonds. The second kappa shape index (κ2) is 10.7. The molecule has 0 radical (unpaired) electrons. The van der Waals surface area contributed by atoms with Crippen molar-refractivity contribution in [3.8, 4) is 17.2 Å². The van der Waals surface area contributed by atoms with Crippen LogP contribution in [0.2, 0.25) is 5.02 Å². The standard InChI is InChI=1S/C27H31ClF3NO4/c1-14(2)11-32(12-15(3)4)13-20-21(33)8-7-19-23(34)25(26(27(29,30)31)36-24(19)20)35-18-9-16(5)22(28)17(6)10-18/h7-10,14-15,33H,11-13H2,1-6H3/p+1. The van der Waals surface area contributed by atoms with Crippen molar-refractivity contribution < 1.29 is 32.3 Å². The zero-order valence-electron chi connectivity index (χ0n) is 21.3. The van der Waals surface area contributed by atoms with Crippen LogP contribution in [0.25, 0.3) is 11.0 Å². The Labute approximate surface area is 213 Å². The Bertz CT molecular complexity index is 1280. The summed E-state index contributed by atoms with van der Waals surface area (Å²) in [6, 6.07) is 5.49. The summed E-state index contributed by atoms with van der Waals surface area (Å²) in [6.07, 6.45) is -5.01. The van der Waals surface area contributed by atoms with Crippen molar-refractivity contribution in [1.82, 2.24) is 0 Å². The van der Waals surface area contributed by atoms with Crippen molar-refractivity contribution in [3.05, 3.63) is 62.0 Å². The lowest BCUT2D eigenvalue weighted by Gasteiger charge is -2.24. The minimum absolute atomic E-state index is 0.0371. The van der Waals surface area contributed by atoms with Crippen molar-refractivity contribution in [2.75, 3.05) is 13.1 Å². The SMILES string of the molecule is Cc1cc(Oc2c(C(F)(F)F)oc3c(C[NH+](CC(C)C)CC(C)C)c(O)ccc3c2=O)cc(C)c1Cl. The third kappa shape index (κ3) is 6.16. The van der Waals surface area contributed by atoms with E-state index >= 15 is 0 Å². The van der Waals surface area contributed by atoms with Crippen LogP contribution in [0, 0.1) is 25.7 Å². The van der Waals surface area contributed by atoms with Crippen LogP contribution < -0.4 is 15.1 Å². The molecule has 2 aromatic carbocycles. The zero-order chi connectivity index (χ0) is 26.9. The van der Waals surface area contributed by atoms with Crippen LogP contribution in [0.5, 0.6) is 17.2 Å². The highest BCUT2D eigenvalue weighted by Crippen LogP contribution is 2.40. The maximum Gasteiger partial charge on any atom is 0.453 e. The molecule has 0 aliphatic carbocycles. The van der Waals surface area contributed by atoms with Crippen LogP contribution in [-0.2, 0) is 12.7 Å². The lowest BCUT2D eigenvalue weighted by molar-refractivity contribution is -0.919. The van der Waals surface area contributed by atoms with E-state index in [1.54, 1.807) is 13.8 Å². The number of fused-ring (bicyclic) bond motifs is 1. The maximum atomic E-state index is 14.1. The average molecular weight is 527 g/mol. The van der Waals surface area contributed by atoms with Gasteiger partial charge in [0.05, 0.1) is 24.0 Å². The van der Waals surface area contributed by atoms with Gasteiger partial charge in [-0.2, -0.15) is 13.2 Å². The number of aryl methyl sites for hydroxylation is 2. The molecule has 0 aliphatic heterocycles. The van der Waals surface area contributed by atoms with E-state index in [2.05, 4.69) is 27.7 Å². The molecule has 0 saturated heterocycles. The number of phenols is 1. The molecule has 3 aromatic rings. The first-order valence-corrected chi connectivity index (χ1v) is 12.2. The molecule has 1 aromatic heterocycles. The molecule has 0 spiro atoms. The van der Waals surface area contributed by atoms with Crippen molar-refractivity contribution in [2.24, 2.45) is 11.8 Å². The number of benzene rings is 2. The fourth-order valence-electron chi connectivity index (χ4n) is 4.45. The lowest BCUT2D eigenvalue weighted by atomic mass is 10.1. The fraction of sp³-hybridized carbons (Fsp3) is 0.444. The van der Waals surface area contributed by atoms with Gasteiger partial charge in [-0.25, -0.2) is 0 Å². The number of halogens is 4. The first kappa shape index (κ1) is 27.9.